The number of benzene rings is 11. The standard InChI is InChI=1S/C66H44N4O/c1-2-48-63(46-32-31-40-17-6-7-18-41(40)35-46)67-66(68-64(48)52-27-16-29-56-61(52)51-26-12-14-28-55(51)69(56)47-23-4-3-5-24-47)62-57(34-33-50-49-25-13-15-30-60(49)71-65(50)62)70-58-38-44-21-10-8-19-42(44)36-53(58)54-37-43-20-9-11-22-45(43)39-59(54)70/h3-39,48,64H,2H2,1H3/t48-,64?/m0/s1. The number of fused-ring (bicyclic) bond motifs is 12. The molecule has 2 atom stereocenters. The van der Waals surface area contributed by atoms with Crippen molar-refractivity contribution in [1.82, 2.24) is 9.13 Å². The average molecular weight is 909 g/mol. The molecule has 0 saturated carbocycles. The van der Waals surface area contributed by atoms with E-state index in [4.69, 9.17) is 14.4 Å². The van der Waals surface area contributed by atoms with Gasteiger partial charge in [0.15, 0.2) is 5.84 Å². The molecule has 15 rings (SSSR count). The van der Waals surface area contributed by atoms with Crippen LogP contribution in [0.2, 0.25) is 0 Å². The molecule has 334 valence electrons. The Hall–Kier alpha value is -9.06. The molecule has 4 heterocycles. The van der Waals surface area contributed by atoms with Gasteiger partial charge in [-0.3, -0.25) is 4.99 Å². The van der Waals surface area contributed by atoms with E-state index in [-0.39, 0.29) is 12.0 Å². The van der Waals surface area contributed by atoms with Crippen LogP contribution in [0.1, 0.15) is 36.1 Å². The van der Waals surface area contributed by atoms with E-state index in [2.05, 4.69) is 241 Å². The van der Waals surface area contributed by atoms with E-state index in [0.717, 1.165) is 73.1 Å². The minimum Gasteiger partial charge on any atom is -0.455 e. The van der Waals surface area contributed by atoms with Crippen molar-refractivity contribution in [3.63, 3.8) is 0 Å². The van der Waals surface area contributed by atoms with Gasteiger partial charge >= 0.3 is 0 Å². The topological polar surface area (TPSA) is 47.7 Å². The summed E-state index contributed by atoms with van der Waals surface area (Å²) in [5.41, 5.74) is 12.4. The van der Waals surface area contributed by atoms with Gasteiger partial charge in [-0.1, -0.05) is 159 Å². The Balaban J connectivity index is 1.08. The van der Waals surface area contributed by atoms with Gasteiger partial charge in [0.2, 0.25) is 0 Å². The monoisotopic (exact) mass is 908 g/mol. The highest BCUT2D eigenvalue weighted by atomic mass is 16.3. The Morgan fingerprint density at radius 1 is 0.451 bits per heavy atom. The zero-order chi connectivity index (χ0) is 46.7. The summed E-state index contributed by atoms with van der Waals surface area (Å²) < 4.78 is 12.0. The van der Waals surface area contributed by atoms with Crippen LogP contribution in [0.25, 0.3) is 109 Å². The highest BCUT2D eigenvalue weighted by molar-refractivity contribution is 6.24. The van der Waals surface area contributed by atoms with Crippen LogP contribution in [0.3, 0.4) is 0 Å². The highest BCUT2D eigenvalue weighted by Gasteiger charge is 2.36. The van der Waals surface area contributed by atoms with Crippen LogP contribution in [-0.2, 0) is 0 Å². The normalized spacial score (nSPS) is 15.3. The molecule has 1 aliphatic heterocycles. The van der Waals surface area contributed by atoms with Crippen molar-refractivity contribution < 1.29 is 4.42 Å². The van der Waals surface area contributed by atoms with Crippen LogP contribution < -0.4 is 0 Å². The number of aromatic nitrogens is 2. The van der Waals surface area contributed by atoms with Crippen molar-refractivity contribution >= 4 is 109 Å². The number of hydrogen-bond donors (Lipinski definition) is 0. The lowest BCUT2D eigenvalue weighted by atomic mass is 9.81. The maximum absolute atomic E-state index is 7.15. The fourth-order valence-corrected chi connectivity index (χ4v) is 12.0. The molecular weight excluding hydrogens is 865 g/mol. The van der Waals surface area contributed by atoms with E-state index in [1.165, 1.54) is 64.9 Å². The van der Waals surface area contributed by atoms with Crippen LogP contribution >= 0.6 is 0 Å². The first kappa shape index (κ1) is 39.9. The van der Waals surface area contributed by atoms with Crippen molar-refractivity contribution in [3.05, 3.63) is 241 Å². The molecule has 14 aromatic rings. The van der Waals surface area contributed by atoms with Gasteiger partial charge in [-0.25, -0.2) is 4.99 Å². The third kappa shape index (κ3) is 5.99. The predicted octanol–water partition coefficient (Wildman–Crippen LogP) is 17.3. The quantitative estimate of drug-likeness (QED) is 0.164. The molecule has 71 heavy (non-hydrogen) atoms. The Morgan fingerprint density at radius 2 is 1.06 bits per heavy atom. The van der Waals surface area contributed by atoms with Gasteiger partial charge in [-0.2, -0.15) is 0 Å². The second-order valence-electron chi connectivity index (χ2n) is 19.1. The Morgan fingerprint density at radius 3 is 1.77 bits per heavy atom. The summed E-state index contributed by atoms with van der Waals surface area (Å²) in [4.78, 5) is 11.9. The van der Waals surface area contributed by atoms with Gasteiger partial charge < -0.3 is 13.6 Å². The minimum absolute atomic E-state index is 0.0476. The van der Waals surface area contributed by atoms with E-state index >= 15 is 0 Å². The average Bonchev–Trinajstić information content (AvgIpc) is 4.08. The lowest BCUT2D eigenvalue weighted by molar-refractivity contribution is 0.535. The highest BCUT2D eigenvalue weighted by Crippen LogP contribution is 2.46. The predicted molar refractivity (Wildman–Crippen MR) is 297 cm³/mol. The molecule has 5 nitrogen and oxygen atoms in total. The molecule has 0 spiro atoms. The van der Waals surface area contributed by atoms with Gasteiger partial charge in [0.05, 0.1) is 45.1 Å². The fraction of sp³-hybridized carbons (Fsp3) is 0.0606. The van der Waals surface area contributed by atoms with Crippen LogP contribution in [0.5, 0.6) is 0 Å². The molecule has 3 aromatic heterocycles. The number of nitrogens with zero attached hydrogens (tertiary/aromatic N) is 4. The summed E-state index contributed by atoms with van der Waals surface area (Å²) in [6, 6.07) is 81.2. The number of furan rings is 1. The molecule has 1 unspecified atom stereocenters. The van der Waals surface area contributed by atoms with Crippen LogP contribution in [0, 0.1) is 5.92 Å². The second kappa shape index (κ2) is 15.5. The third-order valence-electron chi connectivity index (χ3n) is 15.3. The lowest BCUT2D eigenvalue weighted by Gasteiger charge is -2.31. The van der Waals surface area contributed by atoms with E-state index in [1.807, 2.05) is 0 Å². The summed E-state index contributed by atoms with van der Waals surface area (Å²) in [6.45, 7) is 2.29. The number of para-hydroxylation sites is 3. The molecule has 0 aliphatic carbocycles. The summed E-state index contributed by atoms with van der Waals surface area (Å²) >= 11 is 0. The Kier molecular flexibility index (Phi) is 8.69. The van der Waals surface area contributed by atoms with Crippen LogP contribution in [-0.4, -0.2) is 20.7 Å². The molecule has 0 N–H and O–H groups in total. The van der Waals surface area contributed by atoms with Gasteiger partial charge in [0.25, 0.3) is 0 Å². The summed E-state index contributed by atoms with van der Waals surface area (Å²) in [5.74, 6) is 0.608. The summed E-state index contributed by atoms with van der Waals surface area (Å²) in [6.07, 6.45) is 0.829. The minimum atomic E-state index is -0.300. The third-order valence-corrected chi connectivity index (χ3v) is 15.3. The zero-order valence-corrected chi connectivity index (χ0v) is 38.9. The maximum atomic E-state index is 7.15. The number of amidine groups is 1. The first-order valence-corrected chi connectivity index (χ1v) is 24.7. The van der Waals surface area contributed by atoms with E-state index in [0.29, 0.717) is 5.84 Å². The van der Waals surface area contributed by atoms with Gasteiger partial charge in [-0.15, -0.1) is 0 Å². The fourth-order valence-electron chi connectivity index (χ4n) is 12.0. The largest absolute Gasteiger partial charge is 0.455 e. The van der Waals surface area contributed by atoms with Crippen molar-refractivity contribution in [2.24, 2.45) is 15.9 Å². The van der Waals surface area contributed by atoms with Crippen molar-refractivity contribution in [1.29, 1.82) is 0 Å². The Bertz CT molecular complexity index is 4490. The molecule has 0 amide bonds. The number of hydrogen-bond acceptors (Lipinski definition) is 3. The van der Waals surface area contributed by atoms with E-state index in [9.17, 15) is 0 Å². The molecule has 0 saturated heterocycles. The zero-order valence-electron chi connectivity index (χ0n) is 38.9. The van der Waals surface area contributed by atoms with Crippen LogP contribution in [0.4, 0.5) is 0 Å². The van der Waals surface area contributed by atoms with Gasteiger partial charge in [-0.05, 0) is 123 Å². The molecule has 1 aliphatic rings. The molecule has 0 fully saturated rings. The second-order valence-corrected chi connectivity index (χ2v) is 19.1. The van der Waals surface area contributed by atoms with Crippen LogP contribution in [0.15, 0.2) is 239 Å². The molecular formula is C66H44N4O. The first-order valence-electron chi connectivity index (χ1n) is 24.7. The van der Waals surface area contributed by atoms with Crippen molar-refractivity contribution in [2.45, 2.75) is 19.4 Å². The maximum Gasteiger partial charge on any atom is 0.161 e. The number of rotatable bonds is 6. The van der Waals surface area contributed by atoms with Gasteiger partial charge in [0.1, 0.15) is 11.2 Å². The lowest BCUT2D eigenvalue weighted by Crippen LogP contribution is -2.28. The Labute approximate surface area is 408 Å². The first-order chi connectivity index (χ1) is 35.2. The molecule has 5 heteroatoms. The molecule has 11 aromatic carbocycles. The number of aliphatic imine (C=N–C) groups is 2. The van der Waals surface area contributed by atoms with Crippen molar-refractivity contribution in [3.8, 4) is 11.4 Å². The molecule has 0 radical (unpaired) electrons. The van der Waals surface area contributed by atoms with Crippen molar-refractivity contribution in [2.75, 3.05) is 0 Å². The molecule has 0 bridgehead atoms. The smallest absolute Gasteiger partial charge is 0.161 e. The summed E-state index contributed by atoms with van der Waals surface area (Å²) in [5, 5.41) is 14.0. The van der Waals surface area contributed by atoms with E-state index in [1.54, 1.807) is 0 Å². The summed E-state index contributed by atoms with van der Waals surface area (Å²) in [7, 11) is 0. The van der Waals surface area contributed by atoms with E-state index < -0.39 is 0 Å². The SMILES string of the molecule is CC[C@H]1C(c2ccc3ccccc3c2)=NC(c2c(-n3c4cc5ccccc5cc4c4cc5ccccc5cc43)ccc3c2oc2ccccc23)=NC1c1cccc2c1c1ccccc1n2-c1ccccc1. The van der Waals surface area contributed by atoms with Gasteiger partial charge in [0, 0.05) is 43.9 Å².